The predicted octanol–water partition coefficient (Wildman–Crippen LogP) is 7.16. The molecule has 0 aromatic heterocycles. The molecule has 1 unspecified atom stereocenters. The molecule has 3 aliphatic rings. The molecule has 3 aliphatic heterocycles. The standard InChI is InChI=1S/C31H34N2O3/c1-3-4-5-8-15-32-27-20-26-28(18-21(27)2)35-29-19-22(33-16-9-10-17-33)13-14-25(29)31(26)24-12-7-6-11-23(24)30(34)36-31/h6-7,11-14,18-20,32H,3-5,8-10,15-17H2,1-2H3. The molecule has 36 heavy (non-hydrogen) atoms. The van der Waals surface area contributed by atoms with Gasteiger partial charge in [-0.2, -0.15) is 0 Å². The quantitative estimate of drug-likeness (QED) is 0.286. The fourth-order valence-corrected chi connectivity index (χ4v) is 5.95. The predicted molar refractivity (Wildman–Crippen MR) is 144 cm³/mol. The summed E-state index contributed by atoms with van der Waals surface area (Å²) in [6, 6.07) is 18.4. The van der Waals surface area contributed by atoms with E-state index in [4.69, 9.17) is 9.47 Å². The zero-order valence-corrected chi connectivity index (χ0v) is 21.2. The van der Waals surface area contributed by atoms with E-state index in [0.29, 0.717) is 5.56 Å². The molecule has 0 radical (unpaired) electrons. The summed E-state index contributed by atoms with van der Waals surface area (Å²) in [4.78, 5) is 15.6. The molecule has 3 aromatic carbocycles. The first-order chi connectivity index (χ1) is 17.6. The van der Waals surface area contributed by atoms with Crippen molar-refractivity contribution in [3.63, 3.8) is 0 Å². The molecule has 1 spiro atoms. The van der Waals surface area contributed by atoms with Gasteiger partial charge in [-0.1, -0.05) is 44.4 Å². The van der Waals surface area contributed by atoms with E-state index in [0.717, 1.165) is 71.2 Å². The number of anilines is 2. The third-order valence-corrected chi connectivity index (χ3v) is 7.86. The van der Waals surface area contributed by atoms with Crippen molar-refractivity contribution < 1.29 is 14.3 Å². The van der Waals surface area contributed by atoms with Crippen LogP contribution in [0.3, 0.4) is 0 Å². The number of hydrogen-bond donors (Lipinski definition) is 1. The molecule has 0 bridgehead atoms. The number of aryl methyl sites for hydroxylation is 1. The molecule has 0 saturated carbocycles. The number of ether oxygens (including phenoxy) is 2. The van der Waals surface area contributed by atoms with E-state index in [2.05, 4.69) is 54.4 Å². The van der Waals surface area contributed by atoms with Crippen LogP contribution < -0.4 is 15.0 Å². The van der Waals surface area contributed by atoms with Crippen LogP contribution in [0.25, 0.3) is 0 Å². The Bertz CT molecular complexity index is 1310. The lowest BCUT2D eigenvalue weighted by Gasteiger charge is -2.37. The van der Waals surface area contributed by atoms with Gasteiger partial charge in [-0.05, 0) is 62.1 Å². The van der Waals surface area contributed by atoms with E-state index in [9.17, 15) is 4.79 Å². The topological polar surface area (TPSA) is 50.8 Å². The minimum Gasteiger partial charge on any atom is -0.456 e. The van der Waals surface area contributed by atoms with Crippen molar-refractivity contribution in [2.24, 2.45) is 0 Å². The first-order valence-electron chi connectivity index (χ1n) is 13.4. The van der Waals surface area contributed by atoms with E-state index >= 15 is 0 Å². The van der Waals surface area contributed by atoms with Crippen molar-refractivity contribution >= 4 is 17.3 Å². The molecule has 1 fully saturated rings. The number of benzene rings is 3. The maximum Gasteiger partial charge on any atom is 0.340 e. The number of unbranched alkanes of at least 4 members (excludes halogenated alkanes) is 3. The average molecular weight is 483 g/mol. The summed E-state index contributed by atoms with van der Waals surface area (Å²) in [5, 5.41) is 3.63. The van der Waals surface area contributed by atoms with Crippen LogP contribution in [0.15, 0.2) is 54.6 Å². The van der Waals surface area contributed by atoms with Gasteiger partial charge in [0.25, 0.3) is 0 Å². The highest BCUT2D eigenvalue weighted by molar-refractivity contribution is 5.97. The van der Waals surface area contributed by atoms with Gasteiger partial charge < -0.3 is 19.7 Å². The molecule has 5 heteroatoms. The Balaban J connectivity index is 1.47. The SMILES string of the molecule is CCCCCCNc1cc2c(cc1C)Oc1cc(N3CCCC3)ccc1C21OC(=O)c2ccccc21. The second-order valence-electron chi connectivity index (χ2n) is 10.2. The Morgan fingerprint density at radius 2 is 1.72 bits per heavy atom. The number of nitrogens with zero attached hydrogens (tertiary/aromatic N) is 1. The molecule has 1 N–H and O–H groups in total. The monoisotopic (exact) mass is 482 g/mol. The van der Waals surface area contributed by atoms with Crippen molar-refractivity contribution in [2.45, 2.75) is 58.0 Å². The summed E-state index contributed by atoms with van der Waals surface area (Å²) in [5.74, 6) is 1.22. The van der Waals surface area contributed by atoms with Crippen LogP contribution in [0.1, 0.15) is 78.1 Å². The number of hydrogen-bond acceptors (Lipinski definition) is 5. The Hall–Kier alpha value is -3.47. The van der Waals surface area contributed by atoms with E-state index < -0.39 is 5.60 Å². The zero-order valence-electron chi connectivity index (χ0n) is 21.2. The third-order valence-electron chi connectivity index (χ3n) is 7.86. The summed E-state index contributed by atoms with van der Waals surface area (Å²) in [6.07, 6.45) is 7.25. The number of fused-ring (bicyclic) bond motifs is 6. The molecule has 6 rings (SSSR count). The third kappa shape index (κ3) is 3.64. The molecule has 5 nitrogen and oxygen atoms in total. The highest BCUT2D eigenvalue weighted by Crippen LogP contribution is 2.57. The summed E-state index contributed by atoms with van der Waals surface area (Å²) in [5.41, 5.74) is 5.58. The molecule has 0 amide bonds. The number of rotatable bonds is 7. The number of carbonyl (C=O) groups is 1. The molecule has 3 aromatic rings. The summed E-state index contributed by atoms with van der Waals surface area (Å²) >= 11 is 0. The maximum absolute atomic E-state index is 13.2. The Labute approximate surface area is 213 Å². The zero-order chi connectivity index (χ0) is 24.7. The lowest BCUT2D eigenvalue weighted by atomic mass is 9.77. The van der Waals surface area contributed by atoms with E-state index in [-0.39, 0.29) is 5.97 Å². The first-order valence-corrected chi connectivity index (χ1v) is 13.4. The van der Waals surface area contributed by atoms with Crippen molar-refractivity contribution in [3.8, 4) is 11.5 Å². The van der Waals surface area contributed by atoms with Crippen molar-refractivity contribution in [3.05, 3.63) is 82.4 Å². The Kier molecular flexibility index (Phi) is 5.87. The molecule has 186 valence electrons. The second kappa shape index (κ2) is 9.20. The van der Waals surface area contributed by atoms with Gasteiger partial charge >= 0.3 is 5.97 Å². The largest absolute Gasteiger partial charge is 0.456 e. The molecular weight excluding hydrogens is 448 g/mol. The van der Waals surface area contributed by atoms with Crippen LogP contribution in [-0.4, -0.2) is 25.6 Å². The van der Waals surface area contributed by atoms with Crippen LogP contribution in [0.4, 0.5) is 11.4 Å². The molecule has 1 atom stereocenters. The van der Waals surface area contributed by atoms with Crippen LogP contribution in [0.5, 0.6) is 11.5 Å². The van der Waals surface area contributed by atoms with Crippen LogP contribution in [-0.2, 0) is 10.3 Å². The molecule has 1 saturated heterocycles. The highest BCUT2D eigenvalue weighted by Gasteiger charge is 2.53. The fraction of sp³-hybridized carbons (Fsp3) is 0.387. The van der Waals surface area contributed by atoms with Gasteiger partial charge in [0.05, 0.1) is 5.56 Å². The summed E-state index contributed by atoms with van der Waals surface area (Å²) in [6.45, 7) is 7.37. The molecule has 3 heterocycles. The minimum absolute atomic E-state index is 0.289. The number of esters is 1. The van der Waals surface area contributed by atoms with Gasteiger partial charge in [-0.15, -0.1) is 0 Å². The number of carbonyl (C=O) groups excluding carboxylic acids is 1. The Morgan fingerprint density at radius 1 is 0.917 bits per heavy atom. The molecule has 0 aliphatic carbocycles. The number of nitrogens with one attached hydrogen (secondary N) is 1. The van der Waals surface area contributed by atoms with Gasteiger partial charge in [-0.3, -0.25) is 0 Å². The summed E-state index contributed by atoms with van der Waals surface area (Å²) in [7, 11) is 0. The fourth-order valence-electron chi connectivity index (χ4n) is 5.95. The van der Waals surface area contributed by atoms with Crippen LogP contribution >= 0.6 is 0 Å². The average Bonchev–Trinajstić information content (AvgIpc) is 3.52. The summed E-state index contributed by atoms with van der Waals surface area (Å²) < 4.78 is 12.9. The minimum atomic E-state index is -1.02. The van der Waals surface area contributed by atoms with E-state index in [1.807, 2.05) is 24.3 Å². The van der Waals surface area contributed by atoms with Gasteiger partial charge in [0, 0.05) is 53.8 Å². The highest BCUT2D eigenvalue weighted by atomic mass is 16.6. The van der Waals surface area contributed by atoms with E-state index in [1.54, 1.807) is 0 Å². The lowest BCUT2D eigenvalue weighted by Crippen LogP contribution is -2.33. The van der Waals surface area contributed by atoms with Gasteiger partial charge in [0.15, 0.2) is 5.60 Å². The van der Waals surface area contributed by atoms with Gasteiger partial charge in [-0.25, -0.2) is 4.79 Å². The van der Waals surface area contributed by atoms with Crippen molar-refractivity contribution in [1.29, 1.82) is 0 Å². The smallest absolute Gasteiger partial charge is 0.340 e. The molecular formula is C31H34N2O3. The van der Waals surface area contributed by atoms with Gasteiger partial charge in [0.1, 0.15) is 11.5 Å². The van der Waals surface area contributed by atoms with Crippen LogP contribution in [0.2, 0.25) is 0 Å². The second-order valence-corrected chi connectivity index (χ2v) is 10.2. The van der Waals surface area contributed by atoms with Crippen LogP contribution in [0, 0.1) is 6.92 Å². The lowest BCUT2D eigenvalue weighted by molar-refractivity contribution is 0.0224. The Morgan fingerprint density at radius 3 is 2.56 bits per heavy atom. The normalized spacial score (nSPS) is 19.5. The van der Waals surface area contributed by atoms with Crippen molar-refractivity contribution in [2.75, 3.05) is 29.9 Å². The van der Waals surface area contributed by atoms with Crippen molar-refractivity contribution in [1.82, 2.24) is 0 Å². The maximum atomic E-state index is 13.2. The first kappa shape index (κ1) is 23.0. The van der Waals surface area contributed by atoms with E-state index in [1.165, 1.54) is 32.1 Å². The van der Waals surface area contributed by atoms with Gasteiger partial charge in [0.2, 0.25) is 0 Å².